The molecule has 7 nitrogen and oxygen atoms in total. The normalized spacial score (nSPS) is 15.5. The van der Waals surface area contributed by atoms with Crippen LogP contribution in [0.1, 0.15) is 18.4 Å². The molecule has 32 heavy (non-hydrogen) atoms. The van der Waals surface area contributed by atoms with E-state index >= 15 is 0 Å². The molecule has 1 aliphatic heterocycles. The molecule has 2 aromatic carbocycles. The smallest absolute Gasteiger partial charge is 0.243 e. The fraction of sp³-hybridized carbons (Fsp3) is 0.286. The number of piperidine rings is 1. The lowest BCUT2D eigenvalue weighted by Crippen LogP contribution is -2.41. The van der Waals surface area contributed by atoms with E-state index in [1.54, 1.807) is 42.5 Å². The molecule has 0 radical (unpaired) electrons. The van der Waals surface area contributed by atoms with E-state index in [-0.39, 0.29) is 22.5 Å². The highest BCUT2D eigenvalue weighted by molar-refractivity contribution is 8.00. The number of amides is 1. The first-order chi connectivity index (χ1) is 15.4. The fourth-order valence-corrected chi connectivity index (χ4v) is 6.55. The summed E-state index contributed by atoms with van der Waals surface area (Å²) in [5, 5.41) is 11.3. The van der Waals surface area contributed by atoms with E-state index < -0.39 is 10.0 Å². The van der Waals surface area contributed by atoms with Crippen LogP contribution in [0.15, 0.2) is 63.8 Å². The number of anilines is 1. The Morgan fingerprint density at radius 2 is 1.78 bits per heavy atom. The number of nitrogens with one attached hydrogen (secondary N) is 1. The van der Waals surface area contributed by atoms with Gasteiger partial charge in [-0.3, -0.25) is 4.79 Å². The first-order valence-corrected chi connectivity index (χ1v) is 13.2. The first-order valence-electron chi connectivity index (χ1n) is 9.98. The average Bonchev–Trinajstić information content (AvgIpc) is 3.26. The Kier molecular flexibility index (Phi) is 7.19. The highest BCUT2D eigenvalue weighted by atomic mass is 32.2. The van der Waals surface area contributed by atoms with Gasteiger partial charge >= 0.3 is 0 Å². The van der Waals surface area contributed by atoms with Crippen molar-refractivity contribution < 1.29 is 17.6 Å². The molecule has 0 spiro atoms. The van der Waals surface area contributed by atoms with Crippen LogP contribution in [-0.2, 0) is 20.6 Å². The number of thioether (sulfide) groups is 1. The minimum absolute atomic E-state index is 0.173. The van der Waals surface area contributed by atoms with Gasteiger partial charge < -0.3 is 5.32 Å². The number of nitrogens with zero attached hydrogens (tertiary/aromatic N) is 3. The average molecular weight is 493 g/mol. The van der Waals surface area contributed by atoms with E-state index in [4.69, 9.17) is 0 Å². The SMILES string of the molecule is O=C(Nc1nnc(SCc2ccc(F)cc2)s1)C1CCN(S(=O)(=O)c2ccccc2)CC1. The van der Waals surface area contributed by atoms with E-state index in [1.807, 2.05) is 0 Å². The monoisotopic (exact) mass is 492 g/mol. The van der Waals surface area contributed by atoms with Gasteiger partial charge in [0.2, 0.25) is 21.1 Å². The fourth-order valence-electron chi connectivity index (χ4n) is 3.35. The van der Waals surface area contributed by atoms with Crippen molar-refractivity contribution in [1.29, 1.82) is 0 Å². The molecule has 0 unspecified atom stereocenters. The zero-order valence-corrected chi connectivity index (χ0v) is 19.4. The lowest BCUT2D eigenvalue weighted by atomic mass is 9.97. The number of aromatic nitrogens is 2. The number of benzene rings is 2. The number of carbonyl (C=O) groups is 1. The molecule has 1 aromatic heterocycles. The second kappa shape index (κ2) is 10.1. The van der Waals surface area contributed by atoms with E-state index in [1.165, 1.54) is 39.5 Å². The molecule has 1 amide bonds. The van der Waals surface area contributed by atoms with Crippen LogP contribution in [0, 0.1) is 11.7 Å². The number of carbonyl (C=O) groups excluding carboxylic acids is 1. The van der Waals surface area contributed by atoms with Crippen LogP contribution >= 0.6 is 23.1 Å². The molecular weight excluding hydrogens is 471 g/mol. The largest absolute Gasteiger partial charge is 0.300 e. The summed E-state index contributed by atoms with van der Waals surface area (Å²) in [5.74, 6) is -0.107. The Bertz CT molecular complexity index is 1160. The Morgan fingerprint density at radius 3 is 2.47 bits per heavy atom. The van der Waals surface area contributed by atoms with Crippen molar-refractivity contribution in [3.8, 4) is 0 Å². The molecule has 0 aliphatic carbocycles. The number of rotatable bonds is 7. The minimum atomic E-state index is -3.54. The van der Waals surface area contributed by atoms with Crippen molar-refractivity contribution in [3.63, 3.8) is 0 Å². The van der Waals surface area contributed by atoms with Crippen LogP contribution in [0.2, 0.25) is 0 Å². The van der Waals surface area contributed by atoms with Crippen LogP contribution in [0.5, 0.6) is 0 Å². The van der Waals surface area contributed by atoms with Crippen LogP contribution in [0.25, 0.3) is 0 Å². The second-order valence-corrected chi connectivity index (χ2v) is 11.4. The molecule has 4 rings (SSSR count). The summed E-state index contributed by atoms with van der Waals surface area (Å²) in [6, 6.07) is 14.6. The standard InChI is InChI=1S/C21H21FN4O3S3/c22-17-8-6-15(7-9-17)14-30-21-25-24-20(31-21)23-19(27)16-10-12-26(13-11-16)32(28,29)18-4-2-1-3-5-18/h1-9,16H,10-14H2,(H,23,24,27). The zero-order chi connectivity index (χ0) is 22.6. The molecule has 0 bridgehead atoms. The van der Waals surface area contributed by atoms with Gasteiger partial charge in [-0.1, -0.05) is 53.4 Å². The summed E-state index contributed by atoms with van der Waals surface area (Å²) < 4.78 is 40.6. The van der Waals surface area contributed by atoms with Crippen molar-refractivity contribution in [2.24, 2.45) is 5.92 Å². The summed E-state index contributed by atoms with van der Waals surface area (Å²) >= 11 is 2.74. The quantitative estimate of drug-likeness (QED) is 0.396. The van der Waals surface area contributed by atoms with E-state index in [2.05, 4.69) is 15.5 Å². The van der Waals surface area contributed by atoms with Gasteiger partial charge in [0.15, 0.2) is 4.34 Å². The molecule has 168 valence electrons. The second-order valence-electron chi connectivity index (χ2n) is 7.27. The lowest BCUT2D eigenvalue weighted by Gasteiger charge is -2.30. The van der Waals surface area contributed by atoms with Crippen LogP contribution in [0.3, 0.4) is 0 Å². The Balaban J connectivity index is 1.27. The zero-order valence-electron chi connectivity index (χ0n) is 17.0. The maximum absolute atomic E-state index is 13.0. The van der Waals surface area contributed by atoms with Gasteiger partial charge in [-0.2, -0.15) is 4.31 Å². The van der Waals surface area contributed by atoms with Crippen molar-refractivity contribution in [3.05, 3.63) is 66.0 Å². The molecule has 0 saturated carbocycles. The third-order valence-corrected chi connectivity index (χ3v) is 9.07. The molecule has 1 aliphatic rings. The predicted octanol–water partition coefficient (Wildman–Crippen LogP) is 4.01. The minimum Gasteiger partial charge on any atom is -0.300 e. The topological polar surface area (TPSA) is 92.3 Å². The maximum Gasteiger partial charge on any atom is 0.243 e. The molecule has 1 saturated heterocycles. The summed E-state index contributed by atoms with van der Waals surface area (Å²) in [4.78, 5) is 12.9. The van der Waals surface area contributed by atoms with Gasteiger partial charge in [-0.05, 0) is 42.7 Å². The molecule has 1 N–H and O–H groups in total. The summed E-state index contributed by atoms with van der Waals surface area (Å²) in [5.41, 5.74) is 0.967. The maximum atomic E-state index is 13.0. The predicted molar refractivity (Wildman–Crippen MR) is 122 cm³/mol. The molecule has 3 aromatic rings. The van der Waals surface area contributed by atoms with Gasteiger partial charge in [-0.15, -0.1) is 10.2 Å². The van der Waals surface area contributed by atoms with Gasteiger partial charge in [0, 0.05) is 24.8 Å². The third-order valence-electron chi connectivity index (χ3n) is 5.12. The van der Waals surface area contributed by atoms with E-state index in [9.17, 15) is 17.6 Å². The van der Waals surface area contributed by atoms with Gasteiger partial charge in [0.1, 0.15) is 5.82 Å². The van der Waals surface area contributed by atoms with Crippen molar-refractivity contribution in [1.82, 2.24) is 14.5 Å². The lowest BCUT2D eigenvalue weighted by molar-refractivity contribution is -0.120. The number of hydrogen-bond donors (Lipinski definition) is 1. The highest BCUT2D eigenvalue weighted by Gasteiger charge is 2.32. The van der Waals surface area contributed by atoms with Crippen LogP contribution in [0.4, 0.5) is 9.52 Å². The summed E-state index contributed by atoms with van der Waals surface area (Å²) in [7, 11) is -3.54. The van der Waals surface area contributed by atoms with Crippen molar-refractivity contribution in [2.75, 3.05) is 18.4 Å². The van der Waals surface area contributed by atoms with Gasteiger partial charge in [-0.25, -0.2) is 12.8 Å². The van der Waals surface area contributed by atoms with Gasteiger partial charge in [0.25, 0.3) is 0 Å². The van der Waals surface area contributed by atoms with Crippen LogP contribution < -0.4 is 5.32 Å². The Labute approximate surface area is 194 Å². The number of halogens is 1. The van der Waals surface area contributed by atoms with Crippen molar-refractivity contribution in [2.45, 2.75) is 27.8 Å². The van der Waals surface area contributed by atoms with Gasteiger partial charge in [0.05, 0.1) is 4.90 Å². The molecular formula is C21H21FN4O3S3. The molecule has 2 heterocycles. The Morgan fingerprint density at radius 1 is 1.09 bits per heavy atom. The third kappa shape index (κ3) is 5.52. The number of hydrogen-bond acceptors (Lipinski definition) is 7. The summed E-state index contributed by atoms with van der Waals surface area (Å²) in [6.45, 7) is 0.592. The number of sulfonamides is 1. The first kappa shape index (κ1) is 22.8. The summed E-state index contributed by atoms with van der Waals surface area (Å²) in [6.07, 6.45) is 0.895. The molecule has 11 heteroatoms. The van der Waals surface area contributed by atoms with Crippen LogP contribution in [-0.4, -0.2) is 41.9 Å². The van der Waals surface area contributed by atoms with Crippen molar-refractivity contribution >= 4 is 44.2 Å². The van der Waals surface area contributed by atoms with E-state index in [0.29, 0.717) is 41.2 Å². The molecule has 1 fully saturated rings. The Hall–Kier alpha value is -2.34. The highest BCUT2D eigenvalue weighted by Crippen LogP contribution is 2.30. The molecule has 0 atom stereocenters. The van der Waals surface area contributed by atoms with E-state index in [0.717, 1.165) is 5.56 Å².